The van der Waals surface area contributed by atoms with E-state index in [1.807, 2.05) is 0 Å². The number of piperazine rings is 1. The number of benzene rings is 1. The molecule has 1 amide bonds. The molecular formula is C20H26N4OS. The smallest absolute Gasteiger partial charge is 0.234 e. The van der Waals surface area contributed by atoms with Gasteiger partial charge in [0, 0.05) is 50.2 Å². The maximum atomic E-state index is 11.8. The minimum atomic E-state index is 0.0700. The van der Waals surface area contributed by atoms with E-state index < -0.39 is 0 Å². The molecule has 2 heterocycles. The number of aryl methyl sites for hydroxylation is 1. The fourth-order valence-corrected chi connectivity index (χ4v) is 3.80. The summed E-state index contributed by atoms with van der Waals surface area (Å²) in [5, 5.41) is 6.07. The third kappa shape index (κ3) is 5.24. The van der Waals surface area contributed by atoms with Gasteiger partial charge in [-0.3, -0.25) is 14.6 Å². The Labute approximate surface area is 159 Å². The van der Waals surface area contributed by atoms with Crippen LogP contribution in [0.3, 0.4) is 0 Å². The third-order valence-corrected chi connectivity index (χ3v) is 5.45. The zero-order valence-electron chi connectivity index (χ0n) is 15.3. The van der Waals surface area contributed by atoms with Crippen LogP contribution in [0, 0.1) is 6.92 Å². The lowest BCUT2D eigenvalue weighted by Crippen LogP contribution is -2.49. The average Bonchev–Trinajstić information content (AvgIpc) is 3.11. The molecular weight excluding hydrogens is 344 g/mol. The Morgan fingerprint density at radius 3 is 2.62 bits per heavy atom. The zero-order chi connectivity index (χ0) is 18.4. The van der Waals surface area contributed by atoms with Crippen LogP contribution >= 0.6 is 11.3 Å². The predicted molar refractivity (Wildman–Crippen MR) is 107 cm³/mol. The minimum absolute atomic E-state index is 0.0700. The van der Waals surface area contributed by atoms with E-state index in [9.17, 15) is 4.79 Å². The summed E-state index contributed by atoms with van der Waals surface area (Å²) in [5.41, 5.74) is 3.58. The Hall–Kier alpha value is -2.02. The van der Waals surface area contributed by atoms with Crippen molar-refractivity contribution in [2.45, 2.75) is 13.5 Å². The highest BCUT2D eigenvalue weighted by molar-refractivity contribution is 7.13. The van der Waals surface area contributed by atoms with E-state index in [4.69, 9.17) is 4.98 Å². The lowest BCUT2D eigenvalue weighted by atomic mass is 10.2. The van der Waals surface area contributed by atoms with Crippen molar-refractivity contribution >= 4 is 17.2 Å². The van der Waals surface area contributed by atoms with Gasteiger partial charge in [0.15, 0.2) is 0 Å². The van der Waals surface area contributed by atoms with Crippen LogP contribution in [0.1, 0.15) is 11.3 Å². The van der Waals surface area contributed by atoms with E-state index in [0.29, 0.717) is 13.1 Å². The molecule has 1 aliphatic rings. The molecule has 0 atom stereocenters. The van der Waals surface area contributed by atoms with Crippen LogP contribution in [-0.2, 0) is 11.3 Å². The first kappa shape index (κ1) is 18.8. The molecule has 0 spiro atoms. The van der Waals surface area contributed by atoms with Gasteiger partial charge in [-0.1, -0.05) is 35.9 Å². The second-order valence-electron chi connectivity index (χ2n) is 6.66. The van der Waals surface area contributed by atoms with Gasteiger partial charge in [-0.05, 0) is 6.92 Å². The average molecular weight is 371 g/mol. The first-order valence-electron chi connectivity index (χ1n) is 8.98. The summed E-state index contributed by atoms with van der Waals surface area (Å²) in [4.78, 5) is 21.2. The van der Waals surface area contributed by atoms with Gasteiger partial charge in [0.25, 0.3) is 0 Å². The van der Waals surface area contributed by atoms with Crippen LogP contribution in [0.5, 0.6) is 0 Å². The van der Waals surface area contributed by atoms with Crippen LogP contribution in [-0.4, -0.2) is 60.0 Å². The van der Waals surface area contributed by atoms with E-state index in [0.717, 1.165) is 43.4 Å². The van der Waals surface area contributed by atoms with Crippen LogP contribution in [0.2, 0.25) is 0 Å². The monoisotopic (exact) mass is 370 g/mol. The molecule has 2 aromatic rings. The van der Waals surface area contributed by atoms with Gasteiger partial charge in [-0.2, -0.15) is 0 Å². The lowest BCUT2D eigenvalue weighted by molar-refractivity contribution is -0.122. The molecule has 0 bridgehead atoms. The summed E-state index contributed by atoms with van der Waals surface area (Å²) in [6.45, 7) is 11.3. The second-order valence-corrected chi connectivity index (χ2v) is 7.51. The zero-order valence-corrected chi connectivity index (χ0v) is 16.1. The standard InChI is InChI=1S/C20H26N4OS/c1-3-8-21-19(25)14-24-11-9-23(10-12-24)13-18-15-26-20(22-18)17-6-4-16(2)5-7-17/h3-7,15H,1,8-14H2,2H3,(H,21,25). The molecule has 1 fully saturated rings. The molecule has 0 radical (unpaired) electrons. The number of thiazole rings is 1. The first-order valence-corrected chi connectivity index (χ1v) is 9.86. The van der Waals surface area contributed by atoms with Crippen molar-refractivity contribution in [2.75, 3.05) is 39.3 Å². The van der Waals surface area contributed by atoms with Crippen LogP contribution in [0.25, 0.3) is 10.6 Å². The largest absolute Gasteiger partial charge is 0.352 e. The molecule has 26 heavy (non-hydrogen) atoms. The van der Waals surface area contributed by atoms with E-state index >= 15 is 0 Å². The quantitative estimate of drug-likeness (QED) is 0.761. The second kappa shape index (κ2) is 9.07. The summed E-state index contributed by atoms with van der Waals surface area (Å²) in [6.07, 6.45) is 1.70. The van der Waals surface area contributed by atoms with Crippen molar-refractivity contribution in [3.8, 4) is 10.6 Å². The fourth-order valence-electron chi connectivity index (χ4n) is 2.99. The van der Waals surface area contributed by atoms with Gasteiger partial charge < -0.3 is 5.32 Å². The number of carbonyl (C=O) groups is 1. The van der Waals surface area contributed by atoms with Crippen molar-refractivity contribution in [2.24, 2.45) is 0 Å². The Kier molecular flexibility index (Phi) is 6.55. The molecule has 138 valence electrons. The third-order valence-electron chi connectivity index (χ3n) is 4.51. The van der Waals surface area contributed by atoms with Gasteiger partial charge in [-0.15, -0.1) is 17.9 Å². The SMILES string of the molecule is C=CCNC(=O)CN1CCN(Cc2csc(-c3ccc(C)cc3)n2)CC1. The van der Waals surface area contributed by atoms with Crippen LogP contribution in [0.4, 0.5) is 0 Å². The molecule has 1 aromatic carbocycles. The molecule has 6 heteroatoms. The predicted octanol–water partition coefficient (Wildman–Crippen LogP) is 2.54. The molecule has 0 unspecified atom stereocenters. The highest BCUT2D eigenvalue weighted by atomic mass is 32.1. The number of carbonyl (C=O) groups excluding carboxylic acids is 1. The molecule has 1 saturated heterocycles. The van der Waals surface area contributed by atoms with Gasteiger partial charge in [0.05, 0.1) is 12.2 Å². The van der Waals surface area contributed by atoms with E-state index in [-0.39, 0.29) is 5.91 Å². The molecule has 1 aliphatic heterocycles. The number of nitrogens with one attached hydrogen (secondary N) is 1. The topological polar surface area (TPSA) is 48.5 Å². The number of hydrogen-bond donors (Lipinski definition) is 1. The number of nitrogens with zero attached hydrogens (tertiary/aromatic N) is 3. The highest BCUT2D eigenvalue weighted by Gasteiger charge is 2.19. The fraction of sp³-hybridized carbons (Fsp3) is 0.400. The summed E-state index contributed by atoms with van der Waals surface area (Å²) in [7, 11) is 0. The van der Waals surface area contributed by atoms with Crippen LogP contribution in [0.15, 0.2) is 42.3 Å². The molecule has 0 saturated carbocycles. The Bertz CT molecular complexity index is 733. The summed E-state index contributed by atoms with van der Waals surface area (Å²) >= 11 is 1.70. The summed E-state index contributed by atoms with van der Waals surface area (Å²) < 4.78 is 0. The maximum absolute atomic E-state index is 11.8. The van der Waals surface area contributed by atoms with Gasteiger partial charge in [-0.25, -0.2) is 4.98 Å². The number of aromatic nitrogens is 1. The van der Waals surface area contributed by atoms with Crippen LogP contribution < -0.4 is 5.32 Å². The van der Waals surface area contributed by atoms with Crippen molar-refractivity contribution in [3.63, 3.8) is 0 Å². The van der Waals surface area contributed by atoms with Crippen molar-refractivity contribution in [1.29, 1.82) is 0 Å². The lowest BCUT2D eigenvalue weighted by Gasteiger charge is -2.33. The Morgan fingerprint density at radius 2 is 1.92 bits per heavy atom. The van der Waals surface area contributed by atoms with Crippen molar-refractivity contribution in [1.82, 2.24) is 20.1 Å². The summed E-state index contributed by atoms with van der Waals surface area (Å²) in [6, 6.07) is 8.52. The normalized spacial score (nSPS) is 15.7. The number of amides is 1. The number of rotatable bonds is 7. The van der Waals surface area contributed by atoms with E-state index in [1.54, 1.807) is 17.4 Å². The molecule has 1 aromatic heterocycles. The van der Waals surface area contributed by atoms with Gasteiger partial charge >= 0.3 is 0 Å². The van der Waals surface area contributed by atoms with Crippen molar-refractivity contribution < 1.29 is 4.79 Å². The highest BCUT2D eigenvalue weighted by Crippen LogP contribution is 2.24. The first-order chi connectivity index (χ1) is 12.6. The molecule has 5 nitrogen and oxygen atoms in total. The Morgan fingerprint density at radius 1 is 1.23 bits per heavy atom. The van der Waals surface area contributed by atoms with E-state index in [2.05, 4.69) is 58.3 Å². The van der Waals surface area contributed by atoms with Crippen molar-refractivity contribution in [3.05, 3.63) is 53.6 Å². The maximum Gasteiger partial charge on any atom is 0.234 e. The molecule has 0 aliphatic carbocycles. The molecule has 3 rings (SSSR count). The number of hydrogen-bond acceptors (Lipinski definition) is 5. The van der Waals surface area contributed by atoms with Gasteiger partial charge in [0.1, 0.15) is 5.01 Å². The van der Waals surface area contributed by atoms with Gasteiger partial charge in [0.2, 0.25) is 5.91 Å². The Balaban J connectivity index is 1.47. The molecule has 1 N–H and O–H groups in total. The summed E-state index contributed by atoms with van der Waals surface area (Å²) in [5.74, 6) is 0.0700. The van der Waals surface area contributed by atoms with E-state index in [1.165, 1.54) is 11.1 Å². The minimum Gasteiger partial charge on any atom is -0.352 e.